The topological polar surface area (TPSA) is 125 Å². The lowest BCUT2D eigenvalue weighted by molar-refractivity contribution is -0.152. The Bertz CT molecular complexity index is 1380. The van der Waals surface area contributed by atoms with Crippen molar-refractivity contribution < 1.29 is 33.8 Å². The second kappa shape index (κ2) is 13.9. The Kier molecular flexibility index (Phi) is 10.3. The highest BCUT2D eigenvalue weighted by molar-refractivity contribution is 6.00. The molecule has 0 saturated carbocycles. The van der Waals surface area contributed by atoms with Gasteiger partial charge in [-0.05, 0) is 56.9 Å². The highest BCUT2D eigenvalue weighted by Crippen LogP contribution is 2.53. The molecular formula is C37H51N3O7. The van der Waals surface area contributed by atoms with E-state index in [1.165, 1.54) is 0 Å². The van der Waals surface area contributed by atoms with Crippen LogP contribution in [0.1, 0.15) is 84.7 Å². The zero-order valence-electron chi connectivity index (χ0n) is 28.4. The van der Waals surface area contributed by atoms with E-state index in [1.807, 2.05) is 47.4 Å². The maximum absolute atomic E-state index is 14.8. The number of likely N-dealkylation sites (tertiary alicyclic amines) is 1. The Hall–Kier alpha value is -3.50. The fourth-order valence-electron chi connectivity index (χ4n) is 8.19. The third-order valence-corrected chi connectivity index (χ3v) is 9.82. The summed E-state index contributed by atoms with van der Waals surface area (Å²) in [7, 11) is 0. The second-order valence-electron chi connectivity index (χ2n) is 15.2. The van der Waals surface area contributed by atoms with Crippen LogP contribution in [-0.4, -0.2) is 88.2 Å². The van der Waals surface area contributed by atoms with Crippen LogP contribution in [0.4, 0.5) is 0 Å². The summed E-state index contributed by atoms with van der Waals surface area (Å²) in [4.78, 5) is 59.9. The van der Waals surface area contributed by atoms with Crippen LogP contribution in [0.25, 0.3) is 0 Å². The molecule has 3 amide bonds. The van der Waals surface area contributed by atoms with E-state index in [-0.39, 0.29) is 42.8 Å². The van der Waals surface area contributed by atoms with Crippen LogP contribution < -0.4 is 5.32 Å². The average molecular weight is 650 g/mol. The van der Waals surface area contributed by atoms with E-state index in [4.69, 9.17) is 9.47 Å². The van der Waals surface area contributed by atoms with Crippen molar-refractivity contribution in [1.82, 2.24) is 15.1 Å². The SMILES string of the molecule is CC(C)(C)CC(C)(C)N1CC=C[C@@]23O[C@H]4/C=C\CCC(=O)OC[C@H](c5ccccc5)NC(=O)[C@H]4[C@@H]2C(=O)N(CCCCCO)[C@H]3C1=O. The van der Waals surface area contributed by atoms with Gasteiger partial charge in [0.1, 0.15) is 18.2 Å². The number of amides is 3. The quantitative estimate of drug-likeness (QED) is 0.247. The number of carbonyl (C=O) groups excluding carboxylic acids is 4. The van der Waals surface area contributed by atoms with E-state index in [2.05, 4.69) is 39.9 Å². The number of hydrogen-bond donors (Lipinski definition) is 2. The molecule has 2 saturated heterocycles. The fourth-order valence-corrected chi connectivity index (χ4v) is 8.19. The molecule has 1 spiro atoms. The Morgan fingerprint density at radius 1 is 0.979 bits per heavy atom. The van der Waals surface area contributed by atoms with E-state index < -0.39 is 47.1 Å². The number of esters is 1. The molecule has 1 aromatic rings. The predicted octanol–water partition coefficient (Wildman–Crippen LogP) is 4.09. The fraction of sp³-hybridized carbons (Fsp3) is 0.622. The van der Waals surface area contributed by atoms with Gasteiger partial charge in [-0.3, -0.25) is 19.2 Å². The minimum Gasteiger partial charge on any atom is -0.463 e. The van der Waals surface area contributed by atoms with Crippen LogP contribution >= 0.6 is 0 Å². The molecule has 47 heavy (non-hydrogen) atoms. The number of nitrogens with one attached hydrogen (secondary N) is 1. The van der Waals surface area contributed by atoms with E-state index >= 15 is 0 Å². The first-order valence-corrected chi connectivity index (χ1v) is 17.0. The van der Waals surface area contributed by atoms with E-state index in [1.54, 1.807) is 17.1 Å². The predicted molar refractivity (Wildman–Crippen MR) is 177 cm³/mol. The number of aliphatic hydroxyl groups is 1. The van der Waals surface area contributed by atoms with Crippen molar-refractivity contribution in [2.75, 3.05) is 26.3 Å². The van der Waals surface area contributed by atoms with Crippen LogP contribution in [0.15, 0.2) is 54.6 Å². The van der Waals surface area contributed by atoms with Crippen molar-refractivity contribution in [3.63, 3.8) is 0 Å². The number of ether oxygens (including phenoxy) is 2. The van der Waals surface area contributed by atoms with Crippen molar-refractivity contribution in [2.24, 2.45) is 17.3 Å². The molecule has 6 atom stereocenters. The minimum absolute atomic E-state index is 0.0455. The summed E-state index contributed by atoms with van der Waals surface area (Å²) in [5.74, 6) is -3.09. The van der Waals surface area contributed by atoms with Crippen LogP contribution in [0, 0.1) is 17.3 Å². The zero-order chi connectivity index (χ0) is 34.0. The number of nitrogens with zero attached hydrogens (tertiary/aromatic N) is 2. The molecule has 2 fully saturated rings. The Labute approximate surface area is 278 Å². The molecule has 1 aromatic carbocycles. The molecule has 0 unspecified atom stereocenters. The van der Waals surface area contributed by atoms with Gasteiger partial charge in [0.2, 0.25) is 17.7 Å². The molecule has 0 bridgehead atoms. The normalized spacial score (nSPS) is 30.8. The van der Waals surface area contributed by atoms with Crippen molar-refractivity contribution in [1.29, 1.82) is 0 Å². The number of hydrogen-bond acceptors (Lipinski definition) is 7. The number of unbranched alkanes of at least 4 members (excludes halogenated alkanes) is 2. The van der Waals surface area contributed by atoms with E-state index in [0.29, 0.717) is 38.8 Å². The highest BCUT2D eigenvalue weighted by Gasteiger charge is 2.71. The van der Waals surface area contributed by atoms with Crippen LogP contribution in [0.5, 0.6) is 0 Å². The lowest BCUT2D eigenvalue weighted by Gasteiger charge is -2.44. The highest BCUT2D eigenvalue weighted by atomic mass is 16.5. The standard InChI is InChI=1S/C37H51N3O7/c1-35(2,3)24-36(4,5)40-21-14-19-37-30(33(44)39(31(37)34(40)45)20-12-7-13-22-41)29-27(47-37)17-10-11-18-28(42)46-23-26(38-32(29)43)25-15-8-6-9-16-25/h6,8-10,14-17,19,26-27,29-31,41H,7,11-13,18,20-24H2,1-5H3,(H,38,43)/b17-10-/t26-,27+,29-,30-,31+,37-/m1/s1. The summed E-state index contributed by atoms with van der Waals surface area (Å²) < 4.78 is 12.4. The van der Waals surface area contributed by atoms with Crippen molar-refractivity contribution in [2.45, 2.75) is 102 Å². The molecule has 0 aromatic heterocycles. The van der Waals surface area contributed by atoms with Crippen LogP contribution in [0.3, 0.4) is 0 Å². The van der Waals surface area contributed by atoms with E-state index in [0.717, 1.165) is 12.0 Å². The summed E-state index contributed by atoms with van der Waals surface area (Å²) in [6.45, 7) is 11.3. The largest absolute Gasteiger partial charge is 0.463 e. The Balaban J connectivity index is 1.57. The maximum atomic E-state index is 14.8. The zero-order valence-corrected chi connectivity index (χ0v) is 28.4. The molecule has 10 nitrogen and oxygen atoms in total. The van der Waals surface area contributed by atoms with Gasteiger partial charge in [-0.1, -0.05) is 75.4 Å². The molecule has 0 aliphatic carbocycles. The average Bonchev–Trinajstić information content (AvgIpc) is 3.38. The van der Waals surface area contributed by atoms with Gasteiger partial charge in [0.05, 0.1) is 24.0 Å². The number of fused-ring (bicyclic) bond motifs is 2. The van der Waals surface area contributed by atoms with Crippen LogP contribution in [-0.2, 0) is 28.7 Å². The minimum atomic E-state index is -1.36. The van der Waals surface area contributed by atoms with Gasteiger partial charge in [0, 0.05) is 31.7 Å². The van der Waals surface area contributed by atoms with Gasteiger partial charge in [-0.25, -0.2) is 0 Å². The van der Waals surface area contributed by atoms with Gasteiger partial charge in [0.15, 0.2) is 0 Å². The van der Waals surface area contributed by atoms with Gasteiger partial charge in [0.25, 0.3) is 0 Å². The molecule has 4 aliphatic heterocycles. The number of carbonyl (C=O) groups is 4. The Morgan fingerprint density at radius 3 is 2.43 bits per heavy atom. The molecule has 2 N–H and O–H groups in total. The molecule has 256 valence electrons. The maximum Gasteiger partial charge on any atom is 0.306 e. The summed E-state index contributed by atoms with van der Waals surface area (Å²) in [6, 6.07) is 7.72. The van der Waals surface area contributed by atoms with Gasteiger partial charge in [-0.2, -0.15) is 0 Å². The van der Waals surface area contributed by atoms with E-state index in [9.17, 15) is 24.3 Å². The number of rotatable bonds is 8. The first-order chi connectivity index (χ1) is 22.3. The number of allylic oxidation sites excluding steroid dienone is 1. The van der Waals surface area contributed by atoms with Crippen LogP contribution in [0.2, 0.25) is 0 Å². The summed E-state index contributed by atoms with van der Waals surface area (Å²) in [5.41, 5.74) is -1.16. The van der Waals surface area contributed by atoms with Gasteiger partial charge >= 0.3 is 5.97 Å². The lowest BCUT2D eigenvalue weighted by Crippen LogP contribution is -2.59. The number of cyclic esters (lactones) is 1. The first-order valence-electron chi connectivity index (χ1n) is 17.0. The second-order valence-corrected chi connectivity index (χ2v) is 15.2. The summed E-state index contributed by atoms with van der Waals surface area (Å²) in [6.07, 6.45) is 9.76. The first kappa shape index (κ1) is 34.8. The van der Waals surface area contributed by atoms with Crippen molar-refractivity contribution in [3.8, 4) is 0 Å². The molecule has 10 heteroatoms. The number of benzene rings is 1. The monoisotopic (exact) mass is 649 g/mol. The Morgan fingerprint density at radius 2 is 1.72 bits per heavy atom. The summed E-state index contributed by atoms with van der Waals surface area (Å²) in [5, 5.41) is 12.5. The van der Waals surface area contributed by atoms with Crippen molar-refractivity contribution in [3.05, 3.63) is 60.2 Å². The lowest BCUT2D eigenvalue weighted by atomic mass is 9.77. The van der Waals surface area contributed by atoms with Gasteiger partial charge in [-0.15, -0.1) is 0 Å². The number of aliphatic hydroxyl groups excluding tert-OH is 1. The molecule has 4 aliphatic rings. The third-order valence-electron chi connectivity index (χ3n) is 9.82. The summed E-state index contributed by atoms with van der Waals surface area (Å²) >= 11 is 0. The van der Waals surface area contributed by atoms with Crippen molar-refractivity contribution >= 4 is 23.7 Å². The molecule has 4 heterocycles. The van der Waals surface area contributed by atoms with Gasteiger partial charge < -0.3 is 29.7 Å². The smallest absolute Gasteiger partial charge is 0.306 e. The molecule has 0 radical (unpaired) electrons. The molecule has 5 rings (SSSR count). The third kappa shape index (κ3) is 7.18. The molecular weight excluding hydrogens is 598 g/mol.